The molecule has 1 fully saturated rings. The van der Waals surface area contributed by atoms with E-state index in [4.69, 9.17) is 4.74 Å². The highest BCUT2D eigenvalue weighted by Gasteiger charge is 2.32. The van der Waals surface area contributed by atoms with Crippen molar-refractivity contribution in [1.29, 1.82) is 0 Å². The van der Waals surface area contributed by atoms with Crippen LogP contribution in [0.3, 0.4) is 0 Å². The van der Waals surface area contributed by atoms with Crippen LogP contribution in [0.2, 0.25) is 0 Å². The molecule has 0 aliphatic carbocycles. The minimum absolute atomic E-state index is 0.00395. The number of amides is 1. The molecule has 0 saturated carbocycles. The number of rotatable bonds is 3. The fourth-order valence-corrected chi connectivity index (χ4v) is 3.28. The van der Waals surface area contributed by atoms with Crippen molar-refractivity contribution in [3.05, 3.63) is 29.1 Å². The lowest BCUT2D eigenvalue weighted by atomic mass is 9.93. The quantitative estimate of drug-likeness (QED) is 0.900. The van der Waals surface area contributed by atoms with Crippen LogP contribution in [0.25, 0.3) is 0 Å². The molecule has 0 radical (unpaired) electrons. The van der Waals surface area contributed by atoms with Gasteiger partial charge in [0, 0.05) is 17.7 Å². The van der Waals surface area contributed by atoms with E-state index >= 15 is 0 Å². The summed E-state index contributed by atoms with van der Waals surface area (Å²) in [6.07, 6.45) is 3.28. The van der Waals surface area contributed by atoms with Crippen molar-refractivity contribution in [3.8, 4) is 0 Å². The van der Waals surface area contributed by atoms with Gasteiger partial charge >= 0.3 is 0 Å². The van der Waals surface area contributed by atoms with Gasteiger partial charge in [-0.25, -0.2) is 4.39 Å². The van der Waals surface area contributed by atoms with Crippen LogP contribution in [-0.4, -0.2) is 25.2 Å². The van der Waals surface area contributed by atoms with Crippen LogP contribution in [0, 0.1) is 5.82 Å². The van der Waals surface area contributed by atoms with Crippen molar-refractivity contribution in [2.45, 2.75) is 50.9 Å². The lowest BCUT2D eigenvalue weighted by molar-refractivity contribution is -0.116. The van der Waals surface area contributed by atoms with E-state index in [0.717, 1.165) is 18.4 Å². The molecule has 2 aliphatic heterocycles. The number of carbonyl (C=O) groups excluding carboxylic acids is 1. The van der Waals surface area contributed by atoms with Crippen molar-refractivity contribution in [2.75, 3.05) is 12.4 Å². The first-order chi connectivity index (χ1) is 10.1. The van der Waals surface area contributed by atoms with Crippen LogP contribution in [0.5, 0.6) is 0 Å². The average Bonchev–Trinajstić information content (AvgIpc) is 2.87. The average molecular weight is 292 g/mol. The van der Waals surface area contributed by atoms with Crippen molar-refractivity contribution < 1.29 is 13.9 Å². The van der Waals surface area contributed by atoms with Gasteiger partial charge in [-0.15, -0.1) is 0 Å². The maximum Gasteiger partial charge on any atom is 0.224 e. The van der Waals surface area contributed by atoms with E-state index in [0.29, 0.717) is 24.1 Å². The van der Waals surface area contributed by atoms with E-state index < -0.39 is 0 Å². The molecule has 3 atom stereocenters. The van der Waals surface area contributed by atoms with Gasteiger partial charge in [-0.1, -0.05) is 0 Å². The summed E-state index contributed by atoms with van der Waals surface area (Å²) in [5, 5.41) is 5.92. The number of hydrogen-bond donors (Lipinski definition) is 2. The second kappa shape index (κ2) is 5.73. The second-order valence-corrected chi connectivity index (χ2v) is 5.91. The molecule has 2 N–H and O–H groups in total. The van der Waals surface area contributed by atoms with Crippen molar-refractivity contribution >= 4 is 11.6 Å². The number of likely N-dealkylation sites (N-methyl/N-ethyl adjacent to an activating group) is 1. The van der Waals surface area contributed by atoms with Crippen LogP contribution < -0.4 is 10.6 Å². The Morgan fingerprint density at radius 1 is 1.38 bits per heavy atom. The molecule has 1 aromatic carbocycles. The maximum atomic E-state index is 14.4. The highest BCUT2D eigenvalue weighted by molar-refractivity contribution is 5.93. The Balaban J connectivity index is 1.92. The number of fused-ring (bicyclic) bond motifs is 1. The highest BCUT2D eigenvalue weighted by atomic mass is 19.1. The number of aryl methyl sites for hydroxylation is 1. The molecule has 2 aliphatic rings. The molecule has 0 spiro atoms. The highest BCUT2D eigenvalue weighted by Crippen LogP contribution is 2.34. The molecule has 0 aromatic heterocycles. The third-order valence-corrected chi connectivity index (χ3v) is 4.40. The second-order valence-electron chi connectivity index (χ2n) is 5.91. The molecule has 21 heavy (non-hydrogen) atoms. The van der Waals surface area contributed by atoms with E-state index in [1.807, 2.05) is 20.0 Å². The van der Waals surface area contributed by atoms with Crippen LogP contribution >= 0.6 is 0 Å². The minimum Gasteiger partial charge on any atom is -0.373 e. The molecular weight excluding hydrogens is 271 g/mol. The molecule has 1 aromatic rings. The summed E-state index contributed by atoms with van der Waals surface area (Å²) in [6.45, 7) is 2.05. The molecule has 1 saturated heterocycles. The Morgan fingerprint density at radius 2 is 2.19 bits per heavy atom. The van der Waals surface area contributed by atoms with Crippen LogP contribution in [0.4, 0.5) is 10.1 Å². The topological polar surface area (TPSA) is 50.4 Å². The van der Waals surface area contributed by atoms with E-state index in [1.54, 1.807) is 0 Å². The normalized spacial score (nSPS) is 26.3. The predicted octanol–water partition coefficient (Wildman–Crippen LogP) is 2.54. The largest absolute Gasteiger partial charge is 0.373 e. The Hall–Kier alpha value is -1.46. The third-order valence-electron chi connectivity index (χ3n) is 4.40. The first-order valence-corrected chi connectivity index (χ1v) is 7.53. The molecule has 0 bridgehead atoms. The molecule has 4 nitrogen and oxygen atoms in total. The summed E-state index contributed by atoms with van der Waals surface area (Å²) in [5.41, 5.74) is 2.23. The number of nitrogens with one attached hydrogen (secondary N) is 2. The van der Waals surface area contributed by atoms with E-state index in [1.165, 1.54) is 6.07 Å². The molecule has 3 rings (SSSR count). The van der Waals surface area contributed by atoms with Gasteiger partial charge in [0.1, 0.15) is 5.82 Å². The number of benzene rings is 1. The van der Waals surface area contributed by atoms with Crippen LogP contribution in [0.15, 0.2) is 12.1 Å². The summed E-state index contributed by atoms with van der Waals surface area (Å²) in [5.74, 6) is -0.341. The summed E-state index contributed by atoms with van der Waals surface area (Å²) in [6, 6.07) is 3.15. The number of ether oxygens (including phenoxy) is 1. The van der Waals surface area contributed by atoms with Crippen molar-refractivity contribution in [3.63, 3.8) is 0 Å². The Kier molecular flexibility index (Phi) is 3.95. The van der Waals surface area contributed by atoms with Gasteiger partial charge in [0.25, 0.3) is 0 Å². The summed E-state index contributed by atoms with van der Waals surface area (Å²) < 4.78 is 20.3. The van der Waals surface area contributed by atoms with Gasteiger partial charge in [-0.05, 0) is 50.9 Å². The molecule has 2 heterocycles. The first kappa shape index (κ1) is 14.5. The zero-order valence-corrected chi connectivity index (χ0v) is 12.4. The zero-order valence-electron chi connectivity index (χ0n) is 12.4. The Labute approximate surface area is 124 Å². The van der Waals surface area contributed by atoms with Gasteiger partial charge in [-0.2, -0.15) is 0 Å². The fraction of sp³-hybridized carbons (Fsp3) is 0.562. The lowest BCUT2D eigenvalue weighted by Gasteiger charge is -2.26. The van der Waals surface area contributed by atoms with Crippen LogP contribution in [-0.2, 0) is 16.0 Å². The molecule has 114 valence electrons. The van der Waals surface area contributed by atoms with Gasteiger partial charge in [0.15, 0.2) is 0 Å². The van der Waals surface area contributed by atoms with Crippen LogP contribution in [0.1, 0.15) is 43.4 Å². The predicted molar refractivity (Wildman–Crippen MR) is 78.7 cm³/mol. The third kappa shape index (κ3) is 2.80. The smallest absolute Gasteiger partial charge is 0.224 e. The standard InChI is InChI=1S/C16H21FN2O2/c1-9-3-5-14(21-9)16(18-2)11-7-10-4-6-15(20)19-13(10)8-12(11)17/h7-9,14,16,18H,3-6H2,1-2H3,(H,19,20). The maximum absolute atomic E-state index is 14.4. The molecule has 3 unspecified atom stereocenters. The first-order valence-electron chi connectivity index (χ1n) is 7.53. The van der Waals surface area contributed by atoms with E-state index in [9.17, 15) is 9.18 Å². The van der Waals surface area contributed by atoms with E-state index in [-0.39, 0.29) is 30.0 Å². The number of anilines is 1. The Morgan fingerprint density at radius 3 is 2.86 bits per heavy atom. The van der Waals surface area contributed by atoms with Gasteiger partial charge in [-0.3, -0.25) is 4.79 Å². The monoisotopic (exact) mass is 292 g/mol. The van der Waals surface area contributed by atoms with Gasteiger partial charge < -0.3 is 15.4 Å². The van der Waals surface area contributed by atoms with Gasteiger partial charge in [0.05, 0.1) is 18.2 Å². The molecule has 5 heteroatoms. The number of carbonyl (C=O) groups is 1. The lowest BCUT2D eigenvalue weighted by Crippen LogP contribution is -2.31. The van der Waals surface area contributed by atoms with Crippen molar-refractivity contribution in [2.24, 2.45) is 0 Å². The summed E-state index contributed by atoms with van der Waals surface area (Å²) in [4.78, 5) is 11.4. The number of halogens is 1. The SMILES string of the molecule is CNC(c1cc2c(cc1F)NC(=O)CC2)C1CCC(C)O1. The number of hydrogen-bond acceptors (Lipinski definition) is 3. The van der Waals surface area contributed by atoms with Crippen molar-refractivity contribution in [1.82, 2.24) is 5.32 Å². The zero-order chi connectivity index (χ0) is 15.0. The molecule has 1 amide bonds. The summed E-state index contributed by atoms with van der Waals surface area (Å²) >= 11 is 0. The fourth-order valence-electron chi connectivity index (χ4n) is 3.28. The minimum atomic E-state index is -0.293. The van der Waals surface area contributed by atoms with Gasteiger partial charge in [0.2, 0.25) is 5.91 Å². The Bertz CT molecular complexity index is 561. The molecular formula is C16H21FN2O2. The van der Waals surface area contributed by atoms with E-state index in [2.05, 4.69) is 10.6 Å². The summed E-state index contributed by atoms with van der Waals surface area (Å²) in [7, 11) is 1.83.